The first kappa shape index (κ1) is 20.7. The lowest BCUT2D eigenvalue weighted by Crippen LogP contribution is -2.25. The molecule has 2 aromatic rings. The summed E-state index contributed by atoms with van der Waals surface area (Å²) in [5.41, 5.74) is 2.48. The number of hydrogen-bond donors (Lipinski definition) is 0. The van der Waals surface area contributed by atoms with Gasteiger partial charge in [-0.25, -0.2) is 0 Å². The van der Waals surface area contributed by atoms with E-state index in [1.54, 1.807) is 0 Å². The minimum atomic E-state index is 0.225. The fraction of sp³-hybridized carbons (Fsp3) is 0.480. The molecule has 0 bridgehead atoms. The summed E-state index contributed by atoms with van der Waals surface area (Å²) >= 11 is 0. The summed E-state index contributed by atoms with van der Waals surface area (Å²) in [5, 5.41) is 0. The van der Waals surface area contributed by atoms with Gasteiger partial charge in [0, 0.05) is 12.6 Å². The topological polar surface area (TPSA) is 48.0 Å². The number of ether oxygens (including phenoxy) is 3. The maximum absolute atomic E-state index is 11.3. The number of carbonyl (C=O) groups is 1. The molecule has 1 fully saturated rings. The maximum Gasteiger partial charge on any atom is 0.161 e. The maximum atomic E-state index is 11.3. The van der Waals surface area contributed by atoms with Gasteiger partial charge in [-0.3, -0.25) is 4.90 Å². The molecule has 0 radical (unpaired) electrons. The summed E-state index contributed by atoms with van der Waals surface area (Å²) in [6, 6.07) is 14.9. The van der Waals surface area contributed by atoms with Gasteiger partial charge in [0.25, 0.3) is 0 Å². The van der Waals surface area contributed by atoms with Crippen LogP contribution >= 0.6 is 0 Å². The largest absolute Gasteiger partial charge is 0.494 e. The van der Waals surface area contributed by atoms with Crippen LogP contribution in [-0.4, -0.2) is 44.1 Å². The highest BCUT2D eigenvalue weighted by Gasteiger charge is 2.34. The minimum absolute atomic E-state index is 0.225. The van der Waals surface area contributed by atoms with Crippen molar-refractivity contribution in [2.24, 2.45) is 0 Å². The highest BCUT2D eigenvalue weighted by atomic mass is 16.6. The number of carbonyl (C=O) groups excluding carboxylic acids is 1. The first-order valence-electron chi connectivity index (χ1n) is 11.1. The number of fused-ring (bicyclic) bond motifs is 1. The van der Waals surface area contributed by atoms with Gasteiger partial charge in [-0.1, -0.05) is 38.0 Å². The molecular formula is C25H31NO4. The van der Waals surface area contributed by atoms with Crippen molar-refractivity contribution in [2.45, 2.75) is 44.6 Å². The monoisotopic (exact) mass is 409 g/mol. The Bertz CT molecular complexity index is 836. The van der Waals surface area contributed by atoms with Gasteiger partial charge in [0.15, 0.2) is 11.5 Å². The number of nitrogens with zero attached hydrogens (tertiary/aromatic N) is 1. The van der Waals surface area contributed by atoms with Crippen LogP contribution in [0.4, 0.5) is 0 Å². The molecule has 2 aromatic carbocycles. The van der Waals surface area contributed by atoms with Crippen LogP contribution in [0, 0.1) is 0 Å². The van der Waals surface area contributed by atoms with Gasteiger partial charge in [0.1, 0.15) is 25.2 Å². The van der Waals surface area contributed by atoms with Crippen molar-refractivity contribution in [3.05, 3.63) is 53.6 Å². The van der Waals surface area contributed by atoms with Gasteiger partial charge < -0.3 is 19.0 Å². The zero-order chi connectivity index (χ0) is 20.8. The first-order valence-corrected chi connectivity index (χ1v) is 11.1. The van der Waals surface area contributed by atoms with Gasteiger partial charge in [0.05, 0.1) is 13.2 Å². The Kier molecular flexibility index (Phi) is 6.90. The summed E-state index contributed by atoms with van der Waals surface area (Å²) in [7, 11) is 0. The average Bonchev–Trinajstić information content (AvgIpc) is 3.21. The average molecular weight is 410 g/mol. The third kappa shape index (κ3) is 4.78. The standard InChI is InChI=1S/C25H31NO4/c1-2-3-4-13-28-22-8-5-19(6-9-22)23-16-21(18-26(23)11-12-27)20-7-10-24-25(17-20)30-15-14-29-24/h5-10,12,17,21,23H,2-4,11,13-16,18H2,1H3. The Morgan fingerprint density at radius 3 is 2.57 bits per heavy atom. The molecule has 0 amide bonds. The van der Waals surface area contributed by atoms with Crippen molar-refractivity contribution in [3.8, 4) is 17.2 Å². The summed E-state index contributed by atoms with van der Waals surface area (Å²) < 4.78 is 17.3. The molecule has 0 N–H and O–H groups in total. The molecule has 5 nitrogen and oxygen atoms in total. The fourth-order valence-corrected chi connectivity index (χ4v) is 4.43. The lowest BCUT2D eigenvalue weighted by atomic mass is 9.93. The van der Waals surface area contributed by atoms with Crippen molar-refractivity contribution in [1.82, 2.24) is 4.90 Å². The number of benzene rings is 2. The van der Waals surface area contributed by atoms with Crippen molar-refractivity contribution >= 4 is 6.29 Å². The molecule has 2 atom stereocenters. The molecule has 0 saturated carbocycles. The molecule has 2 aliphatic rings. The van der Waals surface area contributed by atoms with Gasteiger partial charge >= 0.3 is 0 Å². The van der Waals surface area contributed by atoms with Crippen LogP contribution in [0.3, 0.4) is 0 Å². The number of likely N-dealkylation sites (tertiary alicyclic amines) is 1. The lowest BCUT2D eigenvalue weighted by molar-refractivity contribution is -0.109. The van der Waals surface area contributed by atoms with E-state index in [0.717, 1.165) is 49.5 Å². The van der Waals surface area contributed by atoms with Crippen LogP contribution in [0.5, 0.6) is 17.2 Å². The molecule has 30 heavy (non-hydrogen) atoms. The zero-order valence-electron chi connectivity index (χ0n) is 17.7. The molecule has 0 spiro atoms. The Morgan fingerprint density at radius 1 is 1.03 bits per heavy atom. The Labute approximate surface area is 178 Å². The van der Waals surface area contributed by atoms with Crippen LogP contribution in [-0.2, 0) is 4.79 Å². The predicted octanol–water partition coefficient (Wildman–Crippen LogP) is 4.76. The molecular weight excluding hydrogens is 378 g/mol. The highest BCUT2D eigenvalue weighted by molar-refractivity contribution is 5.53. The molecule has 0 aromatic heterocycles. The Hall–Kier alpha value is -2.53. The SMILES string of the molecule is CCCCCOc1ccc(C2CC(c3ccc4c(c3)OCCO4)CN2CC=O)cc1. The normalized spacial score (nSPS) is 20.8. The van der Waals surface area contributed by atoms with E-state index >= 15 is 0 Å². The molecule has 2 aliphatic heterocycles. The molecule has 2 unspecified atom stereocenters. The Morgan fingerprint density at radius 2 is 1.80 bits per heavy atom. The van der Waals surface area contributed by atoms with Crippen LogP contribution in [0.2, 0.25) is 0 Å². The molecule has 5 heteroatoms. The van der Waals surface area contributed by atoms with Crippen molar-refractivity contribution in [3.63, 3.8) is 0 Å². The Balaban J connectivity index is 1.45. The molecule has 4 rings (SSSR count). The van der Waals surface area contributed by atoms with E-state index in [4.69, 9.17) is 14.2 Å². The van der Waals surface area contributed by atoms with E-state index in [2.05, 4.69) is 48.2 Å². The number of aldehydes is 1. The van der Waals surface area contributed by atoms with Gasteiger partial charge in [-0.2, -0.15) is 0 Å². The van der Waals surface area contributed by atoms with Crippen molar-refractivity contribution in [2.75, 3.05) is 32.9 Å². The van der Waals surface area contributed by atoms with E-state index in [0.29, 0.717) is 25.7 Å². The quantitative estimate of drug-likeness (QED) is 0.442. The number of unbranched alkanes of at least 4 members (excludes halogenated alkanes) is 2. The summed E-state index contributed by atoms with van der Waals surface area (Å²) in [5.74, 6) is 2.92. The van der Waals surface area contributed by atoms with Crippen LogP contribution in [0.15, 0.2) is 42.5 Å². The number of rotatable bonds is 9. The fourth-order valence-electron chi connectivity index (χ4n) is 4.43. The van der Waals surface area contributed by atoms with Crippen LogP contribution in [0.1, 0.15) is 55.7 Å². The van der Waals surface area contributed by atoms with Crippen LogP contribution in [0.25, 0.3) is 0 Å². The van der Waals surface area contributed by atoms with E-state index in [1.807, 2.05) is 6.07 Å². The highest BCUT2D eigenvalue weighted by Crippen LogP contribution is 2.42. The zero-order valence-corrected chi connectivity index (χ0v) is 17.7. The third-order valence-electron chi connectivity index (χ3n) is 6.03. The molecule has 160 valence electrons. The summed E-state index contributed by atoms with van der Waals surface area (Å²) in [6.07, 6.45) is 5.46. The van der Waals surface area contributed by atoms with Crippen molar-refractivity contribution < 1.29 is 19.0 Å². The molecule has 1 saturated heterocycles. The van der Waals surface area contributed by atoms with E-state index < -0.39 is 0 Å². The van der Waals surface area contributed by atoms with Crippen LogP contribution < -0.4 is 14.2 Å². The summed E-state index contributed by atoms with van der Waals surface area (Å²) in [4.78, 5) is 13.6. The lowest BCUT2D eigenvalue weighted by Gasteiger charge is -2.22. The first-order chi connectivity index (χ1) is 14.8. The van der Waals surface area contributed by atoms with E-state index in [1.165, 1.54) is 24.0 Å². The minimum Gasteiger partial charge on any atom is -0.494 e. The second kappa shape index (κ2) is 9.98. The van der Waals surface area contributed by atoms with Gasteiger partial charge in [-0.05, 0) is 54.2 Å². The second-order valence-electron chi connectivity index (χ2n) is 8.10. The molecule has 2 heterocycles. The van der Waals surface area contributed by atoms with Gasteiger partial charge in [-0.15, -0.1) is 0 Å². The summed E-state index contributed by atoms with van der Waals surface area (Å²) in [6.45, 7) is 5.45. The van der Waals surface area contributed by atoms with Crippen molar-refractivity contribution in [1.29, 1.82) is 0 Å². The smallest absolute Gasteiger partial charge is 0.161 e. The molecule has 0 aliphatic carbocycles. The van der Waals surface area contributed by atoms with E-state index in [9.17, 15) is 4.79 Å². The second-order valence-corrected chi connectivity index (χ2v) is 8.10. The predicted molar refractivity (Wildman–Crippen MR) is 117 cm³/mol. The number of hydrogen-bond acceptors (Lipinski definition) is 5. The van der Waals surface area contributed by atoms with Gasteiger partial charge in [0.2, 0.25) is 0 Å². The third-order valence-corrected chi connectivity index (χ3v) is 6.03. The van der Waals surface area contributed by atoms with E-state index in [-0.39, 0.29) is 6.04 Å².